The molecule has 3 N–H and O–H groups in total. The second kappa shape index (κ2) is 10.7. The molecule has 0 saturated carbocycles. The maximum Gasteiger partial charge on any atom is 0.240 e. The SMILES string of the molecule is Cc1ccc(C)c(S(=O)(=O)NCCNC(=O)CCNC(=O)Cc2ccccc2)c1. The Kier molecular flexibility index (Phi) is 8.35. The Balaban J connectivity index is 1.65. The van der Waals surface area contributed by atoms with Crippen LogP contribution in [0.2, 0.25) is 0 Å². The van der Waals surface area contributed by atoms with E-state index < -0.39 is 10.0 Å². The summed E-state index contributed by atoms with van der Waals surface area (Å²) in [7, 11) is -3.63. The summed E-state index contributed by atoms with van der Waals surface area (Å²) >= 11 is 0. The Morgan fingerprint density at radius 2 is 1.55 bits per heavy atom. The van der Waals surface area contributed by atoms with Crippen molar-refractivity contribution in [3.8, 4) is 0 Å². The number of hydrogen-bond donors (Lipinski definition) is 3. The third-order valence-electron chi connectivity index (χ3n) is 4.25. The van der Waals surface area contributed by atoms with Crippen molar-refractivity contribution in [2.75, 3.05) is 19.6 Å². The van der Waals surface area contributed by atoms with Gasteiger partial charge in [-0.1, -0.05) is 42.5 Å². The Bertz CT molecular complexity index is 944. The fraction of sp³-hybridized carbons (Fsp3) is 0.333. The maximum absolute atomic E-state index is 12.4. The molecular weight excluding hydrogens is 390 g/mol. The van der Waals surface area contributed by atoms with Gasteiger partial charge in [-0.15, -0.1) is 0 Å². The highest BCUT2D eigenvalue weighted by Gasteiger charge is 2.16. The molecule has 8 heteroatoms. The highest BCUT2D eigenvalue weighted by atomic mass is 32.2. The highest BCUT2D eigenvalue weighted by Crippen LogP contribution is 2.16. The molecule has 0 spiro atoms. The van der Waals surface area contributed by atoms with Gasteiger partial charge in [0.25, 0.3) is 0 Å². The molecule has 0 heterocycles. The minimum absolute atomic E-state index is 0.0851. The van der Waals surface area contributed by atoms with Gasteiger partial charge in [0, 0.05) is 26.1 Å². The lowest BCUT2D eigenvalue weighted by molar-refractivity contribution is -0.122. The molecule has 7 nitrogen and oxygen atoms in total. The Morgan fingerprint density at radius 3 is 2.28 bits per heavy atom. The van der Waals surface area contributed by atoms with Crippen LogP contribution in [0.3, 0.4) is 0 Å². The second-order valence-electron chi connectivity index (χ2n) is 6.78. The number of rotatable bonds is 10. The highest BCUT2D eigenvalue weighted by molar-refractivity contribution is 7.89. The number of hydrogen-bond acceptors (Lipinski definition) is 4. The van der Waals surface area contributed by atoms with Gasteiger partial charge in [-0.25, -0.2) is 13.1 Å². The fourth-order valence-corrected chi connectivity index (χ4v) is 4.07. The molecule has 2 aromatic carbocycles. The van der Waals surface area contributed by atoms with Crippen molar-refractivity contribution in [1.82, 2.24) is 15.4 Å². The Hall–Kier alpha value is -2.71. The van der Waals surface area contributed by atoms with Crippen LogP contribution >= 0.6 is 0 Å². The molecule has 0 unspecified atom stereocenters. The first-order valence-electron chi connectivity index (χ1n) is 9.42. The number of amides is 2. The minimum Gasteiger partial charge on any atom is -0.355 e. The van der Waals surface area contributed by atoms with Crippen molar-refractivity contribution >= 4 is 21.8 Å². The van der Waals surface area contributed by atoms with E-state index in [1.165, 1.54) is 0 Å². The minimum atomic E-state index is -3.63. The molecule has 0 aliphatic carbocycles. The van der Waals surface area contributed by atoms with Crippen molar-refractivity contribution in [2.24, 2.45) is 0 Å². The largest absolute Gasteiger partial charge is 0.355 e. The van der Waals surface area contributed by atoms with Gasteiger partial charge in [0.15, 0.2) is 0 Å². The summed E-state index contributed by atoms with van der Waals surface area (Å²) in [6.07, 6.45) is 0.396. The molecule has 0 aliphatic rings. The summed E-state index contributed by atoms with van der Waals surface area (Å²) in [4.78, 5) is 23.9. The van der Waals surface area contributed by atoms with Crippen LogP contribution in [0.5, 0.6) is 0 Å². The van der Waals surface area contributed by atoms with Crippen LogP contribution in [-0.2, 0) is 26.0 Å². The smallest absolute Gasteiger partial charge is 0.240 e. The first kappa shape index (κ1) is 22.6. The van der Waals surface area contributed by atoms with E-state index in [-0.39, 0.29) is 49.2 Å². The van der Waals surface area contributed by atoms with Gasteiger partial charge in [-0.05, 0) is 36.6 Å². The van der Waals surface area contributed by atoms with E-state index in [2.05, 4.69) is 15.4 Å². The molecule has 0 aromatic heterocycles. The number of carbonyl (C=O) groups is 2. The lowest BCUT2D eigenvalue weighted by atomic mass is 10.1. The molecule has 2 amide bonds. The summed E-state index contributed by atoms with van der Waals surface area (Å²) in [5.74, 6) is -0.402. The van der Waals surface area contributed by atoms with Crippen molar-refractivity contribution in [3.63, 3.8) is 0 Å². The third-order valence-corrected chi connectivity index (χ3v) is 5.86. The molecule has 156 valence electrons. The van der Waals surface area contributed by atoms with Crippen molar-refractivity contribution in [2.45, 2.75) is 31.6 Å². The lowest BCUT2D eigenvalue weighted by Crippen LogP contribution is -2.36. The first-order chi connectivity index (χ1) is 13.8. The zero-order chi connectivity index (χ0) is 21.3. The van der Waals surface area contributed by atoms with Crippen LogP contribution in [0.1, 0.15) is 23.1 Å². The number of benzene rings is 2. The van der Waals surface area contributed by atoms with Crippen LogP contribution in [0.15, 0.2) is 53.4 Å². The van der Waals surface area contributed by atoms with E-state index in [1.807, 2.05) is 43.3 Å². The summed E-state index contributed by atoms with van der Waals surface area (Å²) in [6, 6.07) is 14.6. The maximum atomic E-state index is 12.4. The first-order valence-corrected chi connectivity index (χ1v) is 10.9. The Labute approximate surface area is 172 Å². The number of carbonyl (C=O) groups excluding carboxylic acids is 2. The molecule has 0 aliphatic heterocycles. The van der Waals surface area contributed by atoms with Crippen LogP contribution < -0.4 is 15.4 Å². The lowest BCUT2D eigenvalue weighted by Gasteiger charge is -2.11. The van der Waals surface area contributed by atoms with Gasteiger partial charge in [0.2, 0.25) is 21.8 Å². The number of nitrogens with one attached hydrogen (secondary N) is 3. The molecule has 0 radical (unpaired) electrons. The molecule has 0 bridgehead atoms. The zero-order valence-corrected chi connectivity index (χ0v) is 17.5. The zero-order valence-electron chi connectivity index (χ0n) is 16.7. The van der Waals surface area contributed by atoms with Gasteiger partial charge < -0.3 is 10.6 Å². The quantitative estimate of drug-likeness (QED) is 0.509. The molecular formula is C21H27N3O4S. The van der Waals surface area contributed by atoms with E-state index in [9.17, 15) is 18.0 Å². The van der Waals surface area contributed by atoms with Crippen LogP contribution in [0, 0.1) is 13.8 Å². The molecule has 29 heavy (non-hydrogen) atoms. The number of aryl methyl sites for hydroxylation is 2. The third kappa shape index (κ3) is 7.67. The molecule has 2 rings (SSSR count). The normalized spacial score (nSPS) is 11.1. The van der Waals surface area contributed by atoms with Gasteiger partial charge in [-0.2, -0.15) is 0 Å². The van der Waals surface area contributed by atoms with Crippen molar-refractivity contribution in [3.05, 3.63) is 65.2 Å². The average Bonchev–Trinajstić information content (AvgIpc) is 2.68. The summed E-state index contributed by atoms with van der Waals surface area (Å²) in [5, 5.41) is 5.34. The van der Waals surface area contributed by atoms with Gasteiger partial charge in [-0.3, -0.25) is 9.59 Å². The van der Waals surface area contributed by atoms with Crippen LogP contribution in [-0.4, -0.2) is 39.9 Å². The average molecular weight is 418 g/mol. The fourth-order valence-electron chi connectivity index (χ4n) is 2.71. The van der Waals surface area contributed by atoms with E-state index in [0.29, 0.717) is 5.56 Å². The molecule has 2 aromatic rings. The number of sulfonamides is 1. The van der Waals surface area contributed by atoms with E-state index in [4.69, 9.17) is 0 Å². The topological polar surface area (TPSA) is 104 Å². The molecule has 0 atom stereocenters. The predicted octanol–water partition coefficient (Wildman–Crippen LogP) is 1.45. The standard InChI is InChI=1S/C21H27N3O4S/c1-16-8-9-17(2)19(14-16)29(27,28)24-13-12-23-20(25)10-11-22-21(26)15-18-6-4-3-5-7-18/h3-9,14,24H,10-13,15H2,1-2H3,(H,22,26)(H,23,25). The predicted molar refractivity (Wildman–Crippen MR) is 112 cm³/mol. The van der Waals surface area contributed by atoms with Crippen molar-refractivity contribution in [1.29, 1.82) is 0 Å². The van der Waals surface area contributed by atoms with Gasteiger partial charge in [0.05, 0.1) is 11.3 Å². The Morgan fingerprint density at radius 1 is 0.862 bits per heavy atom. The summed E-state index contributed by atoms with van der Waals surface area (Å²) < 4.78 is 27.2. The van der Waals surface area contributed by atoms with Crippen LogP contribution in [0.4, 0.5) is 0 Å². The van der Waals surface area contributed by atoms with Crippen molar-refractivity contribution < 1.29 is 18.0 Å². The molecule has 0 fully saturated rings. The van der Waals surface area contributed by atoms with Crippen LogP contribution in [0.25, 0.3) is 0 Å². The summed E-state index contributed by atoms with van der Waals surface area (Å²) in [5.41, 5.74) is 2.43. The van der Waals surface area contributed by atoms with E-state index >= 15 is 0 Å². The second-order valence-corrected chi connectivity index (χ2v) is 8.51. The van der Waals surface area contributed by atoms with Gasteiger partial charge in [0.1, 0.15) is 0 Å². The van der Waals surface area contributed by atoms with E-state index in [0.717, 1.165) is 11.1 Å². The van der Waals surface area contributed by atoms with E-state index in [1.54, 1.807) is 19.1 Å². The monoisotopic (exact) mass is 417 g/mol. The molecule has 0 saturated heterocycles. The summed E-state index contributed by atoms with van der Waals surface area (Å²) in [6.45, 7) is 4.05. The van der Waals surface area contributed by atoms with Gasteiger partial charge >= 0.3 is 0 Å².